The number of carbonyl (C=O) groups is 1. The molecular weight excluding hydrogens is 256 g/mol. The summed E-state index contributed by atoms with van der Waals surface area (Å²) in [6.07, 6.45) is 2.50. The van der Waals surface area contributed by atoms with E-state index in [4.69, 9.17) is 5.11 Å². The summed E-state index contributed by atoms with van der Waals surface area (Å²) < 4.78 is 1.91. The van der Waals surface area contributed by atoms with Gasteiger partial charge in [0.05, 0.1) is 6.04 Å². The molecule has 0 aliphatic carbocycles. The molecule has 0 spiro atoms. The first kappa shape index (κ1) is 12.7. The smallest absolute Gasteiger partial charge is 0.268 e. The van der Waals surface area contributed by atoms with Crippen LogP contribution in [0.2, 0.25) is 0 Å². The monoisotopic (exact) mass is 272 g/mol. The van der Waals surface area contributed by atoms with Gasteiger partial charge in [0.15, 0.2) is 0 Å². The van der Waals surface area contributed by atoms with Gasteiger partial charge in [-0.3, -0.25) is 4.79 Å². The predicted octanol–water partition coefficient (Wildman–Crippen LogP) is 1.53. The topological polar surface area (TPSA) is 74.5 Å². The summed E-state index contributed by atoms with van der Waals surface area (Å²) >= 11 is 0. The summed E-state index contributed by atoms with van der Waals surface area (Å²) in [5, 5.41) is 21.5. The van der Waals surface area contributed by atoms with E-state index in [1.165, 1.54) is 0 Å². The first-order valence-corrected chi connectivity index (χ1v) is 6.59. The lowest BCUT2D eigenvalue weighted by Gasteiger charge is -2.25. The molecule has 0 saturated heterocycles. The van der Waals surface area contributed by atoms with Crippen molar-refractivity contribution in [2.45, 2.75) is 12.5 Å². The minimum atomic E-state index is -0.106. The minimum absolute atomic E-state index is 0.0683. The van der Waals surface area contributed by atoms with Crippen LogP contribution in [0.4, 0.5) is 0 Å². The third kappa shape index (κ3) is 2.16. The van der Waals surface area contributed by atoms with Gasteiger partial charge in [0.25, 0.3) is 5.91 Å². The molecule has 1 amide bonds. The molecule has 3 rings (SSSR count). The fraction of sp³-hybridized carbons (Fsp3) is 0.267. The third-order valence-electron chi connectivity index (χ3n) is 3.61. The van der Waals surface area contributed by atoms with Crippen LogP contribution in [0.1, 0.15) is 23.0 Å². The summed E-state index contributed by atoms with van der Waals surface area (Å²) in [7, 11) is 0. The molecule has 104 valence electrons. The lowest BCUT2D eigenvalue weighted by molar-refractivity contribution is 0.0907. The SMILES string of the molecule is O=C1NCC(CCO)n2cc(-c3cccc(O)c3)cc21. The van der Waals surface area contributed by atoms with Gasteiger partial charge in [-0.2, -0.15) is 0 Å². The largest absolute Gasteiger partial charge is 0.508 e. The van der Waals surface area contributed by atoms with Gasteiger partial charge in [-0.15, -0.1) is 0 Å². The zero-order valence-corrected chi connectivity index (χ0v) is 10.9. The molecule has 2 heterocycles. The number of aromatic nitrogens is 1. The Hall–Kier alpha value is -2.27. The molecule has 1 aromatic carbocycles. The number of hydrogen-bond acceptors (Lipinski definition) is 3. The molecule has 1 unspecified atom stereocenters. The van der Waals surface area contributed by atoms with Crippen LogP contribution < -0.4 is 5.32 Å². The highest BCUT2D eigenvalue weighted by molar-refractivity contribution is 5.95. The van der Waals surface area contributed by atoms with Crippen molar-refractivity contribution in [1.82, 2.24) is 9.88 Å². The van der Waals surface area contributed by atoms with Crippen molar-refractivity contribution in [3.8, 4) is 16.9 Å². The van der Waals surface area contributed by atoms with Crippen molar-refractivity contribution < 1.29 is 15.0 Å². The van der Waals surface area contributed by atoms with E-state index < -0.39 is 0 Å². The van der Waals surface area contributed by atoms with Crippen LogP contribution in [0.15, 0.2) is 36.5 Å². The Labute approximate surface area is 116 Å². The summed E-state index contributed by atoms with van der Waals surface area (Å²) in [6.45, 7) is 0.611. The van der Waals surface area contributed by atoms with E-state index in [0.29, 0.717) is 18.7 Å². The number of nitrogens with zero attached hydrogens (tertiary/aromatic N) is 1. The maximum atomic E-state index is 11.9. The Bertz CT molecular complexity index is 648. The van der Waals surface area contributed by atoms with Crippen molar-refractivity contribution >= 4 is 5.91 Å². The van der Waals surface area contributed by atoms with E-state index in [1.54, 1.807) is 18.2 Å². The van der Waals surface area contributed by atoms with Crippen molar-refractivity contribution in [3.63, 3.8) is 0 Å². The van der Waals surface area contributed by atoms with Crippen LogP contribution in [0.25, 0.3) is 11.1 Å². The number of carbonyl (C=O) groups excluding carboxylic acids is 1. The molecule has 3 N–H and O–H groups in total. The quantitative estimate of drug-likeness (QED) is 0.793. The van der Waals surface area contributed by atoms with Gasteiger partial charge in [0.1, 0.15) is 11.4 Å². The molecule has 1 aromatic heterocycles. The maximum absolute atomic E-state index is 11.9. The highest BCUT2D eigenvalue weighted by Crippen LogP contribution is 2.29. The van der Waals surface area contributed by atoms with Crippen LogP contribution in [0, 0.1) is 0 Å². The highest BCUT2D eigenvalue weighted by atomic mass is 16.3. The zero-order chi connectivity index (χ0) is 14.1. The van der Waals surface area contributed by atoms with Gasteiger partial charge in [-0.25, -0.2) is 0 Å². The lowest BCUT2D eigenvalue weighted by atomic mass is 10.1. The molecule has 1 atom stereocenters. The summed E-state index contributed by atoms with van der Waals surface area (Å²) in [5.74, 6) is 0.0913. The number of aromatic hydroxyl groups is 1. The number of rotatable bonds is 3. The number of hydrogen-bond donors (Lipinski definition) is 3. The van der Waals surface area contributed by atoms with Gasteiger partial charge < -0.3 is 20.1 Å². The maximum Gasteiger partial charge on any atom is 0.268 e. The number of phenols is 1. The first-order chi connectivity index (χ1) is 9.69. The molecule has 20 heavy (non-hydrogen) atoms. The Morgan fingerprint density at radius 3 is 2.90 bits per heavy atom. The number of fused-ring (bicyclic) bond motifs is 1. The average molecular weight is 272 g/mol. The van der Waals surface area contributed by atoms with Crippen LogP contribution in [0.5, 0.6) is 5.75 Å². The van der Waals surface area contributed by atoms with Crippen molar-refractivity contribution in [1.29, 1.82) is 0 Å². The van der Waals surface area contributed by atoms with E-state index >= 15 is 0 Å². The first-order valence-electron chi connectivity index (χ1n) is 6.59. The van der Waals surface area contributed by atoms with Gasteiger partial charge >= 0.3 is 0 Å². The second-order valence-corrected chi connectivity index (χ2v) is 4.95. The molecule has 2 aromatic rings. The molecule has 5 nitrogen and oxygen atoms in total. The van der Waals surface area contributed by atoms with Gasteiger partial charge in [0, 0.05) is 24.9 Å². The molecule has 1 aliphatic rings. The summed E-state index contributed by atoms with van der Waals surface area (Å²) in [6, 6.07) is 8.82. The highest BCUT2D eigenvalue weighted by Gasteiger charge is 2.25. The predicted molar refractivity (Wildman–Crippen MR) is 74.6 cm³/mol. The summed E-state index contributed by atoms with van der Waals surface area (Å²) in [5.41, 5.74) is 2.34. The van der Waals surface area contributed by atoms with Crippen LogP contribution in [0.3, 0.4) is 0 Å². The normalized spacial score (nSPS) is 17.6. The number of aliphatic hydroxyl groups is 1. The van der Waals surface area contributed by atoms with Gasteiger partial charge in [-0.05, 0) is 30.2 Å². The van der Waals surface area contributed by atoms with Gasteiger partial charge in [0.2, 0.25) is 0 Å². The van der Waals surface area contributed by atoms with E-state index in [9.17, 15) is 9.90 Å². The van der Waals surface area contributed by atoms with Crippen LogP contribution >= 0.6 is 0 Å². The molecule has 5 heteroatoms. The number of aliphatic hydroxyl groups excluding tert-OH is 1. The van der Waals surface area contributed by atoms with Gasteiger partial charge in [-0.1, -0.05) is 12.1 Å². The minimum Gasteiger partial charge on any atom is -0.508 e. The van der Waals surface area contributed by atoms with Crippen molar-refractivity contribution in [2.24, 2.45) is 0 Å². The Balaban J connectivity index is 2.04. The second kappa shape index (κ2) is 5.02. The van der Waals surface area contributed by atoms with Crippen molar-refractivity contribution in [2.75, 3.05) is 13.2 Å². The molecule has 0 fully saturated rings. The van der Waals surface area contributed by atoms with E-state index in [1.807, 2.05) is 22.9 Å². The fourth-order valence-electron chi connectivity index (χ4n) is 2.60. The summed E-state index contributed by atoms with van der Waals surface area (Å²) in [4.78, 5) is 11.9. The lowest BCUT2D eigenvalue weighted by Crippen LogP contribution is -2.38. The Morgan fingerprint density at radius 1 is 1.30 bits per heavy atom. The second-order valence-electron chi connectivity index (χ2n) is 4.95. The average Bonchev–Trinajstić information content (AvgIpc) is 2.88. The zero-order valence-electron chi connectivity index (χ0n) is 10.9. The molecule has 0 radical (unpaired) electrons. The number of nitrogens with one attached hydrogen (secondary N) is 1. The van der Waals surface area contributed by atoms with Crippen LogP contribution in [-0.2, 0) is 0 Å². The molecular formula is C15H16N2O3. The molecule has 1 aliphatic heterocycles. The van der Waals surface area contributed by atoms with Crippen molar-refractivity contribution in [3.05, 3.63) is 42.2 Å². The molecule has 0 saturated carbocycles. The Kier molecular flexibility index (Phi) is 3.20. The van der Waals surface area contributed by atoms with E-state index in [2.05, 4.69) is 5.32 Å². The standard InChI is InChI=1S/C15H16N2O3/c18-5-4-12-8-16-15(20)14-7-11(9-17(12)14)10-2-1-3-13(19)6-10/h1-3,6-7,9,12,18-19H,4-5,8H2,(H,16,20). The van der Waals surface area contributed by atoms with E-state index in [-0.39, 0.29) is 24.3 Å². The van der Waals surface area contributed by atoms with E-state index in [0.717, 1.165) is 11.1 Å². The third-order valence-corrected chi connectivity index (χ3v) is 3.61. The van der Waals surface area contributed by atoms with Crippen LogP contribution in [-0.4, -0.2) is 33.8 Å². The molecule has 0 bridgehead atoms. The number of phenolic OH excluding ortho intramolecular Hbond substituents is 1. The Morgan fingerprint density at radius 2 is 2.15 bits per heavy atom. The number of benzene rings is 1. The number of amides is 1. The fourth-order valence-corrected chi connectivity index (χ4v) is 2.60.